The maximum absolute atomic E-state index is 13.5. The van der Waals surface area contributed by atoms with Gasteiger partial charge in [0.1, 0.15) is 5.82 Å². The number of methoxy groups -OCH3 is 1. The average Bonchev–Trinajstić information content (AvgIpc) is 2.31. The molecule has 75 valence electrons. The topological polar surface area (TPSA) is 22.1 Å². The van der Waals surface area contributed by atoms with Crippen molar-refractivity contribution in [3.8, 4) is 17.0 Å². The molecule has 0 aliphatic heterocycles. The van der Waals surface area contributed by atoms with E-state index in [0.717, 1.165) is 6.20 Å². The monoisotopic (exact) mass is 202 g/mol. The van der Waals surface area contributed by atoms with Gasteiger partial charge in [0.15, 0.2) is 0 Å². The van der Waals surface area contributed by atoms with Crippen LogP contribution >= 0.6 is 0 Å². The highest BCUT2D eigenvalue weighted by atomic mass is 19.1. The first kappa shape index (κ1) is 9.65. The van der Waals surface area contributed by atoms with Gasteiger partial charge in [0.2, 0.25) is 5.88 Å². The third-order valence-electron chi connectivity index (χ3n) is 2.04. The predicted molar refractivity (Wildman–Crippen MR) is 55.0 cm³/mol. The molecular formula is C12H9FNO. The molecule has 0 aliphatic rings. The van der Waals surface area contributed by atoms with Gasteiger partial charge in [0.05, 0.1) is 13.3 Å². The summed E-state index contributed by atoms with van der Waals surface area (Å²) in [5.74, 6) is 0.0157. The van der Waals surface area contributed by atoms with Crippen LogP contribution in [0.3, 0.4) is 0 Å². The number of halogens is 1. The van der Waals surface area contributed by atoms with Crippen molar-refractivity contribution in [3.05, 3.63) is 48.4 Å². The second kappa shape index (κ2) is 4.09. The second-order valence-electron chi connectivity index (χ2n) is 2.98. The Morgan fingerprint density at radius 3 is 2.93 bits per heavy atom. The van der Waals surface area contributed by atoms with Crippen LogP contribution in [0.5, 0.6) is 5.88 Å². The molecule has 1 aromatic heterocycles. The van der Waals surface area contributed by atoms with E-state index in [1.165, 1.54) is 7.11 Å². The molecule has 0 bridgehead atoms. The first-order valence-corrected chi connectivity index (χ1v) is 4.48. The average molecular weight is 202 g/mol. The predicted octanol–water partition coefficient (Wildman–Crippen LogP) is 2.70. The van der Waals surface area contributed by atoms with Crippen LogP contribution in [0, 0.1) is 11.9 Å². The summed E-state index contributed by atoms with van der Waals surface area (Å²) in [7, 11) is 1.50. The largest absolute Gasteiger partial charge is 0.481 e. The lowest BCUT2D eigenvalue weighted by atomic mass is 10.1. The van der Waals surface area contributed by atoms with E-state index in [1.807, 2.05) is 12.1 Å². The van der Waals surface area contributed by atoms with Gasteiger partial charge in [-0.15, -0.1) is 0 Å². The van der Waals surface area contributed by atoms with Crippen LogP contribution in [-0.4, -0.2) is 12.1 Å². The quantitative estimate of drug-likeness (QED) is 0.747. The number of hydrogen-bond donors (Lipinski definition) is 0. The van der Waals surface area contributed by atoms with Crippen molar-refractivity contribution < 1.29 is 9.13 Å². The van der Waals surface area contributed by atoms with E-state index in [4.69, 9.17) is 4.74 Å². The summed E-state index contributed by atoms with van der Waals surface area (Å²) in [4.78, 5) is 3.77. The lowest BCUT2D eigenvalue weighted by Gasteiger charge is -2.04. The van der Waals surface area contributed by atoms with Gasteiger partial charge in [0, 0.05) is 11.6 Å². The smallest absolute Gasteiger partial charge is 0.213 e. The van der Waals surface area contributed by atoms with Gasteiger partial charge in [-0.1, -0.05) is 24.3 Å². The first-order chi connectivity index (χ1) is 7.31. The lowest BCUT2D eigenvalue weighted by molar-refractivity contribution is 0.396. The summed E-state index contributed by atoms with van der Waals surface area (Å²) < 4.78 is 18.4. The van der Waals surface area contributed by atoms with E-state index in [-0.39, 0.29) is 5.82 Å². The van der Waals surface area contributed by atoms with E-state index in [1.54, 1.807) is 18.2 Å². The second-order valence-corrected chi connectivity index (χ2v) is 2.98. The van der Waals surface area contributed by atoms with Gasteiger partial charge in [-0.3, -0.25) is 0 Å². The van der Waals surface area contributed by atoms with Gasteiger partial charge in [-0.05, 0) is 11.6 Å². The summed E-state index contributed by atoms with van der Waals surface area (Å²) in [6, 6.07) is 11.7. The summed E-state index contributed by atoms with van der Waals surface area (Å²) in [6.07, 6.45) is 1.15. The summed E-state index contributed by atoms with van der Waals surface area (Å²) in [5.41, 5.74) is 1.14. The van der Waals surface area contributed by atoms with E-state index < -0.39 is 0 Å². The molecular weight excluding hydrogens is 193 g/mol. The third kappa shape index (κ3) is 1.96. The molecule has 0 N–H and O–H groups in total. The van der Waals surface area contributed by atoms with Crippen LogP contribution in [0.15, 0.2) is 36.5 Å². The van der Waals surface area contributed by atoms with Crippen molar-refractivity contribution in [2.24, 2.45) is 0 Å². The molecule has 0 saturated heterocycles. The Morgan fingerprint density at radius 1 is 1.40 bits per heavy atom. The summed E-state index contributed by atoms with van der Waals surface area (Å²) >= 11 is 0. The van der Waals surface area contributed by atoms with Crippen LogP contribution in [0.1, 0.15) is 0 Å². The molecule has 2 rings (SSSR count). The zero-order valence-corrected chi connectivity index (χ0v) is 8.20. The Hall–Kier alpha value is -1.90. The van der Waals surface area contributed by atoms with E-state index in [0.29, 0.717) is 17.0 Å². The van der Waals surface area contributed by atoms with Gasteiger partial charge >= 0.3 is 0 Å². The van der Waals surface area contributed by atoms with E-state index in [2.05, 4.69) is 11.1 Å². The highest BCUT2D eigenvalue weighted by Gasteiger charge is 2.06. The maximum atomic E-state index is 13.5. The van der Waals surface area contributed by atoms with E-state index >= 15 is 0 Å². The fourth-order valence-corrected chi connectivity index (χ4v) is 1.30. The molecule has 15 heavy (non-hydrogen) atoms. The minimum Gasteiger partial charge on any atom is -0.481 e. The Labute approximate surface area is 87.4 Å². The first-order valence-electron chi connectivity index (χ1n) is 4.48. The summed E-state index contributed by atoms with van der Waals surface area (Å²) in [5, 5.41) is 0. The SMILES string of the molecule is COc1cc(-c2[c]cccc2)c(F)cn1. The highest BCUT2D eigenvalue weighted by molar-refractivity contribution is 5.63. The number of ether oxygens (including phenoxy) is 1. The molecule has 0 atom stereocenters. The van der Waals surface area contributed by atoms with Crippen molar-refractivity contribution in [2.45, 2.75) is 0 Å². The zero-order chi connectivity index (χ0) is 10.7. The Balaban J connectivity index is 2.52. The number of aromatic nitrogens is 1. The van der Waals surface area contributed by atoms with E-state index in [9.17, 15) is 4.39 Å². The molecule has 0 aliphatic carbocycles. The summed E-state index contributed by atoms with van der Waals surface area (Å²) in [6.45, 7) is 0. The Morgan fingerprint density at radius 2 is 2.27 bits per heavy atom. The van der Waals surface area contributed by atoms with Gasteiger partial charge in [-0.25, -0.2) is 9.37 Å². The number of pyridine rings is 1. The standard InChI is InChI=1S/C12H9FNO/c1-15-12-7-10(11(13)8-14-12)9-5-3-2-4-6-9/h2-5,7-8H,1H3. The van der Waals surface area contributed by atoms with Crippen LogP contribution in [-0.2, 0) is 0 Å². The molecule has 1 aromatic carbocycles. The maximum Gasteiger partial charge on any atom is 0.213 e. The molecule has 0 fully saturated rings. The van der Waals surface area contributed by atoms with Crippen molar-refractivity contribution >= 4 is 0 Å². The number of rotatable bonds is 2. The Kier molecular flexibility index (Phi) is 2.63. The fourth-order valence-electron chi connectivity index (χ4n) is 1.30. The van der Waals surface area contributed by atoms with Crippen LogP contribution < -0.4 is 4.74 Å². The zero-order valence-electron chi connectivity index (χ0n) is 8.20. The molecule has 2 aromatic rings. The fraction of sp³-hybridized carbons (Fsp3) is 0.0833. The number of hydrogen-bond acceptors (Lipinski definition) is 2. The normalized spacial score (nSPS) is 10.0. The van der Waals surface area contributed by atoms with Crippen LogP contribution in [0.2, 0.25) is 0 Å². The molecule has 2 nitrogen and oxygen atoms in total. The number of nitrogens with zero attached hydrogens (tertiary/aromatic N) is 1. The molecule has 3 heteroatoms. The van der Waals surface area contributed by atoms with Crippen molar-refractivity contribution in [1.82, 2.24) is 4.98 Å². The van der Waals surface area contributed by atoms with Crippen molar-refractivity contribution in [3.63, 3.8) is 0 Å². The molecule has 0 amide bonds. The van der Waals surface area contributed by atoms with Gasteiger partial charge < -0.3 is 4.74 Å². The molecule has 1 heterocycles. The highest BCUT2D eigenvalue weighted by Crippen LogP contribution is 2.24. The minimum atomic E-state index is -0.377. The lowest BCUT2D eigenvalue weighted by Crippen LogP contribution is -1.91. The van der Waals surface area contributed by atoms with Crippen molar-refractivity contribution in [2.75, 3.05) is 7.11 Å². The molecule has 1 radical (unpaired) electrons. The van der Waals surface area contributed by atoms with Crippen LogP contribution in [0.4, 0.5) is 4.39 Å². The number of benzene rings is 1. The van der Waals surface area contributed by atoms with Gasteiger partial charge in [0.25, 0.3) is 0 Å². The molecule has 0 unspecified atom stereocenters. The molecule has 0 saturated carbocycles. The molecule has 0 spiro atoms. The van der Waals surface area contributed by atoms with Crippen molar-refractivity contribution in [1.29, 1.82) is 0 Å². The minimum absolute atomic E-state index is 0.377. The Bertz CT molecular complexity index is 456. The van der Waals surface area contributed by atoms with Gasteiger partial charge in [-0.2, -0.15) is 0 Å². The van der Waals surface area contributed by atoms with Crippen LogP contribution in [0.25, 0.3) is 11.1 Å². The third-order valence-corrected chi connectivity index (χ3v) is 2.04.